The number of benzene rings is 2. The van der Waals surface area contributed by atoms with Crippen LogP contribution >= 0.6 is 24.8 Å². The van der Waals surface area contributed by atoms with E-state index in [0.717, 1.165) is 11.1 Å². The molecule has 3 radical (unpaired) electrons. The predicted molar refractivity (Wildman–Crippen MR) is 115 cm³/mol. The molecular formula is C21H24Cl2OSiTi. The number of allylic oxidation sites excluding steroid dienone is 4. The van der Waals surface area contributed by atoms with Crippen LogP contribution in [-0.4, -0.2) is 20.2 Å². The van der Waals surface area contributed by atoms with E-state index < -0.39 is 0 Å². The van der Waals surface area contributed by atoms with Crippen molar-refractivity contribution < 1.29 is 25.1 Å². The summed E-state index contributed by atoms with van der Waals surface area (Å²) in [5.41, 5.74) is 6.59. The average Bonchev–Trinajstić information content (AvgIpc) is 2.84. The molecule has 0 aliphatic heterocycles. The van der Waals surface area contributed by atoms with E-state index >= 15 is 0 Å². The number of halogens is 2. The van der Waals surface area contributed by atoms with E-state index in [1.807, 2.05) is 42.5 Å². The summed E-state index contributed by atoms with van der Waals surface area (Å²) in [6.07, 6.45) is 3.27. The number of hydrogen-bond donors (Lipinski definition) is 1. The quantitative estimate of drug-likeness (QED) is 0.433. The zero-order valence-corrected chi connectivity index (χ0v) is 19.4. The molecule has 0 saturated carbocycles. The fraction of sp³-hybridized carbons (Fsp3) is 0.190. The minimum atomic E-state index is 0. The zero-order chi connectivity index (χ0) is 18.1. The van der Waals surface area contributed by atoms with Crippen molar-refractivity contribution in [1.82, 2.24) is 0 Å². The third-order valence-corrected chi connectivity index (χ3v) is 4.48. The summed E-state index contributed by atoms with van der Waals surface area (Å²) in [7, 11) is 3.54. The van der Waals surface area contributed by atoms with Gasteiger partial charge in [-0.1, -0.05) is 56.3 Å². The van der Waals surface area contributed by atoms with Crippen LogP contribution in [0, 0.1) is 6.08 Å². The Labute approximate surface area is 184 Å². The molecule has 0 aromatic heterocycles. The Bertz CT molecular complexity index is 730. The SMILES string of the molecule is CC1=[C-]C([Si])C(C)=C1C.Cl.Cl.Oc1cccc(-c2ccccc2)c1.[CH2]=[Ti+]. The van der Waals surface area contributed by atoms with Gasteiger partial charge in [0.2, 0.25) is 0 Å². The van der Waals surface area contributed by atoms with Gasteiger partial charge in [0.15, 0.2) is 0 Å². The summed E-state index contributed by atoms with van der Waals surface area (Å²) in [5.74, 6) is 0.307. The summed E-state index contributed by atoms with van der Waals surface area (Å²) in [6, 6.07) is 17.3. The van der Waals surface area contributed by atoms with Crippen molar-refractivity contribution in [3.05, 3.63) is 77.4 Å². The molecule has 0 heterocycles. The third kappa shape index (κ3) is 8.20. The van der Waals surface area contributed by atoms with E-state index in [2.05, 4.69) is 41.9 Å². The second kappa shape index (κ2) is 14.2. The Morgan fingerprint density at radius 1 is 0.923 bits per heavy atom. The standard InChI is InChI=1S/C12H10O.C8H10Si.CH2.2ClH.Ti/c13-12-8-4-7-11(9-12)10-5-2-1-3-6-10;1-5-4-8(9)7(3)6(5)2;;;;/h1-9,13H;8H,1-3H3;1H2;2*1H;/q;-1;;;;+1. The second-order valence-electron chi connectivity index (χ2n) is 5.43. The van der Waals surface area contributed by atoms with Crippen LogP contribution in [0.4, 0.5) is 0 Å². The molecule has 3 rings (SSSR count). The third-order valence-electron chi connectivity index (χ3n) is 3.90. The Hall–Kier alpha value is -0.899. The van der Waals surface area contributed by atoms with Crippen LogP contribution in [0.15, 0.2) is 71.3 Å². The van der Waals surface area contributed by atoms with Crippen LogP contribution in [0.1, 0.15) is 20.8 Å². The van der Waals surface area contributed by atoms with Gasteiger partial charge in [0, 0.05) is 10.2 Å². The van der Waals surface area contributed by atoms with Crippen molar-refractivity contribution in [2.75, 3.05) is 0 Å². The molecule has 0 bridgehead atoms. The Balaban J connectivity index is 0. The molecule has 136 valence electrons. The molecule has 26 heavy (non-hydrogen) atoms. The predicted octanol–water partition coefficient (Wildman–Crippen LogP) is 5.91. The second-order valence-corrected chi connectivity index (χ2v) is 6.00. The van der Waals surface area contributed by atoms with E-state index in [-0.39, 0.29) is 24.8 Å². The summed E-state index contributed by atoms with van der Waals surface area (Å²) in [5, 5.41) is 9.27. The van der Waals surface area contributed by atoms with E-state index in [1.165, 1.54) is 16.7 Å². The molecule has 0 saturated heterocycles. The summed E-state index contributed by atoms with van der Waals surface area (Å²) in [6.45, 7) is 6.37. The van der Waals surface area contributed by atoms with Crippen LogP contribution < -0.4 is 0 Å². The molecule has 5 heteroatoms. The van der Waals surface area contributed by atoms with Crippen LogP contribution in [-0.2, 0) is 20.0 Å². The molecule has 0 amide bonds. The minimum absolute atomic E-state index is 0. The number of aromatic hydroxyl groups is 1. The summed E-state index contributed by atoms with van der Waals surface area (Å²) >= 11 is 1.75. The van der Waals surface area contributed by atoms with E-state index in [1.54, 1.807) is 32.1 Å². The average molecular weight is 439 g/mol. The molecule has 1 atom stereocenters. The molecule has 0 spiro atoms. The van der Waals surface area contributed by atoms with Gasteiger partial charge in [-0.15, -0.1) is 37.3 Å². The maximum atomic E-state index is 9.27. The Morgan fingerprint density at radius 3 is 1.85 bits per heavy atom. The van der Waals surface area contributed by atoms with Gasteiger partial charge >= 0.3 is 24.8 Å². The fourth-order valence-corrected chi connectivity index (χ4v) is 2.69. The van der Waals surface area contributed by atoms with Gasteiger partial charge in [0.1, 0.15) is 5.75 Å². The van der Waals surface area contributed by atoms with Crippen LogP contribution in [0.2, 0.25) is 5.54 Å². The number of hydrogen-bond acceptors (Lipinski definition) is 1. The van der Waals surface area contributed by atoms with Crippen LogP contribution in [0.5, 0.6) is 5.75 Å². The van der Waals surface area contributed by atoms with Gasteiger partial charge in [-0.3, -0.25) is 6.08 Å². The topological polar surface area (TPSA) is 20.2 Å². The number of rotatable bonds is 1. The normalized spacial score (nSPS) is 14.5. The molecule has 1 N–H and O–H groups in total. The van der Waals surface area contributed by atoms with Gasteiger partial charge in [0.25, 0.3) is 0 Å². The first-order valence-electron chi connectivity index (χ1n) is 7.68. The van der Waals surface area contributed by atoms with E-state index in [0.29, 0.717) is 11.3 Å². The van der Waals surface area contributed by atoms with Crippen molar-refractivity contribution in [3.8, 4) is 16.9 Å². The molecule has 2 aromatic carbocycles. The summed E-state index contributed by atoms with van der Waals surface area (Å²) < 4.78 is 0. The van der Waals surface area contributed by atoms with E-state index in [9.17, 15) is 5.11 Å². The van der Waals surface area contributed by atoms with Crippen molar-refractivity contribution >= 4 is 39.9 Å². The summed E-state index contributed by atoms with van der Waals surface area (Å²) in [4.78, 5) is 3.25. The number of phenolic OH excluding ortho intramolecular Hbond substituents is 1. The van der Waals surface area contributed by atoms with Crippen LogP contribution in [0.3, 0.4) is 0 Å². The first kappa shape index (κ1) is 27.3. The molecule has 2 aromatic rings. The van der Waals surface area contributed by atoms with Crippen LogP contribution in [0.25, 0.3) is 11.1 Å². The molecule has 1 aliphatic carbocycles. The van der Waals surface area contributed by atoms with Crippen molar-refractivity contribution in [3.63, 3.8) is 0 Å². The monoisotopic (exact) mass is 438 g/mol. The van der Waals surface area contributed by atoms with E-state index in [4.69, 9.17) is 0 Å². The van der Waals surface area contributed by atoms with Gasteiger partial charge in [-0.05, 0) is 23.3 Å². The Kier molecular flexibility index (Phi) is 14.9. The molecule has 0 fully saturated rings. The number of phenols is 1. The van der Waals surface area contributed by atoms with Gasteiger partial charge in [-0.25, -0.2) is 5.57 Å². The van der Waals surface area contributed by atoms with Gasteiger partial charge < -0.3 is 5.11 Å². The van der Waals surface area contributed by atoms with Gasteiger partial charge in [-0.2, -0.15) is 11.1 Å². The Morgan fingerprint density at radius 2 is 1.46 bits per heavy atom. The molecule has 1 unspecified atom stereocenters. The first-order chi connectivity index (χ1) is 11.5. The van der Waals surface area contributed by atoms with Crippen molar-refractivity contribution in [2.45, 2.75) is 26.3 Å². The van der Waals surface area contributed by atoms with Crippen molar-refractivity contribution in [2.24, 2.45) is 0 Å². The maximum absolute atomic E-state index is 9.27. The molecule has 1 aliphatic rings. The molecule has 1 nitrogen and oxygen atoms in total. The van der Waals surface area contributed by atoms with Crippen molar-refractivity contribution in [1.29, 1.82) is 0 Å². The zero-order valence-electron chi connectivity index (χ0n) is 15.2. The first-order valence-corrected chi connectivity index (χ1v) is 9.36. The van der Waals surface area contributed by atoms with Gasteiger partial charge in [0.05, 0.1) is 0 Å². The fourth-order valence-electron chi connectivity index (χ4n) is 2.26. The molecular weight excluding hydrogens is 415 g/mol.